The molecule has 0 saturated carbocycles. The summed E-state index contributed by atoms with van der Waals surface area (Å²) in [6.45, 7) is -0.539. The normalized spacial score (nSPS) is 11.2. The molecule has 8 heteroatoms. The SMILES string of the molecule is NC(=O)c1ccc(NC(=O)COC(=O)[C@@H](Cc2ccccc2)NC(=O)c2ccccc2)cc1. The number of ether oxygens (including phenoxy) is 1. The van der Waals surface area contributed by atoms with Crippen molar-refractivity contribution in [2.24, 2.45) is 5.73 Å². The smallest absolute Gasteiger partial charge is 0.329 e. The average Bonchev–Trinajstić information content (AvgIpc) is 2.83. The summed E-state index contributed by atoms with van der Waals surface area (Å²) >= 11 is 0. The number of esters is 1. The molecule has 0 radical (unpaired) electrons. The first-order valence-electron chi connectivity index (χ1n) is 10.2. The monoisotopic (exact) mass is 445 g/mol. The minimum Gasteiger partial charge on any atom is -0.454 e. The number of carbonyl (C=O) groups is 4. The first kappa shape index (κ1) is 23.2. The van der Waals surface area contributed by atoms with Crippen LogP contribution in [0.15, 0.2) is 84.9 Å². The van der Waals surface area contributed by atoms with Crippen molar-refractivity contribution in [3.8, 4) is 0 Å². The van der Waals surface area contributed by atoms with Gasteiger partial charge in [-0.25, -0.2) is 4.79 Å². The maximum atomic E-state index is 12.7. The van der Waals surface area contributed by atoms with Crippen molar-refractivity contribution < 1.29 is 23.9 Å². The Hall–Kier alpha value is -4.46. The van der Waals surface area contributed by atoms with Gasteiger partial charge in [0.15, 0.2) is 6.61 Å². The Labute approximate surface area is 190 Å². The largest absolute Gasteiger partial charge is 0.454 e. The van der Waals surface area contributed by atoms with Crippen LogP contribution in [0, 0.1) is 0 Å². The van der Waals surface area contributed by atoms with E-state index in [1.165, 1.54) is 24.3 Å². The molecule has 3 rings (SSSR count). The van der Waals surface area contributed by atoms with Crippen molar-refractivity contribution >= 4 is 29.4 Å². The van der Waals surface area contributed by atoms with Gasteiger partial charge in [-0.2, -0.15) is 0 Å². The average molecular weight is 445 g/mol. The number of hydrogen-bond acceptors (Lipinski definition) is 5. The van der Waals surface area contributed by atoms with E-state index in [2.05, 4.69) is 10.6 Å². The molecule has 0 unspecified atom stereocenters. The van der Waals surface area contributed by atoms with E-state index in [-0.39, 0.29) is 6.42 Å². The first-order chi connectivity index (χ1) is 15.9. The molecule has 0 heterocycles. The highest BCUT2D eigenvalue weighted by molar-refractivity contribution is 5.98. The summed E-state index contributed by atoms with van der Waals surface area (Å²) in [7, 11) is 0. The number of nitrogens with one attached hydrogen (secondary N) is 2. The molecular formula is C25H23N3O5. The number of benzene rings is 3. The number of amides is 3. The van der Waals surface area contributed by atoms with Crippen LogP contribution >= 0.6 is 0 Å². The highest BCUT2D eigenvalue weighted by atomic mass is 16.5. The van der Waals surface area contributed by atoms with Gasteiger partial charge in [-0.1, -0.05) is 48.5 Å². The van der Waals surface area contributed by atoms with Crippen LogP contribution in [0.1, 0.15) is 26.3 Å². The Morgan fingerprint density at radius 2 is 1.39 bits per heavy atom. The highest BCUT2D eigenvalue weighted by Gasteiger charge is 2.24. The van der Waals surface area contributed by atoms with Crippen LogP contribution in [0.3, 0.4) is 0 Å². The van der Waals surface area contributed by atoms with Crippen LogP contribution in [0.4, 0.5) is 5.69 Å². The van der Waals surface area contributed by atoms with E-state index in [1.807, 2.05) is 30.3 Å². The topological polar surface area (TPSA) is 128 Å². The lowest BCUT2D eigenvalue weighted by Gasteiger charge is -2.18. The van der Waals surface area contributed by atoms with E-state index in [0.29, 0.717) is 16.8 Å². The van der Waals surface area contributed by atoms with Crippen molar-refractivity contribution in [2.75, 3.05) is 11.9 Å². The predicted octanol–water partition coefficient (Wildman–Crippen LogP) is 2.31. The van der Waals surface area contributed by atoms with Crippen molar-refractivity contribution in [2.45, 2.75) is 12.5 Å². The lowest BCUT2D eigenvalue weighted by atomic mass is 10.1. The van der Waals surface area contributed by atoms with Gasteiger partial charge >= 0.3 is 5.97 Å². The van der Waals surface area contributed by atoms with Crippen LogP contribution < -0.4 is 16.4 Å². The van der Waals surface area contributed by atoms with Gasteiger partial charge in [-0.15, -0.1) is 0 Å². The summed E-state index contributed by atoms with van der Waals surface area (Å²) in [6.07, 6.45) is 0.203. The first-order valence-corrected chi connectivity index (χ1v) is 10.2. The molecule has 3 aromatic carbocycles. The summed E-state index contributed by atoms with van der Waals surface area (Å²) < 4.78 is 5.17. The molecule has 0 fully saturated rings. The predicted molar refractivity (Wildman–Crippen MR) is 122 cm³/mol. The second-order valence-electron chi connectivity index (χ2n) is 7.18. The number of rotatable bonds is 9. The standard InChI is InChI=1S/C25H23N3O5/c26-23(30)18-11-13-20(14-12-18)27-22(29)16-33-25(32)21(15-17-7-3-1-4-8-17)28-24(31)19-9-5-2-6-10-19/h1-14,21H,15-16H2,(H2,26,30)(H,27,29)(H,28,31)/t21-/m1/s1. The van der Waals surface area contributed by atoms with Gasteiger partial charge in [0, 0.05) is 23.2 Å². The molecule has 33 heavy (non-hydrogen) atoms. The maximum absolute atomic E-state index is 12.7. The summed E-state index contributed by atoms with van der Waals surface area (Å²) in [4.78, 5) is 48.6. The second kappa shape index (κ2) is 11.2. The lowest BCUT2D eigenvalue weighted by molar-refractivity contribution is -0.149. The van der Waals surface area contributed by atoms with Gasteiger partial charge in [-0.05, 0) is 42.0 Å². The second-order valence-corrected chi connectivity index (χ2v) is 7.18. The van der Waals surface area contributed by atoms with E-state index in [9.17, 15) is 19.2 Å². The summed E-state index contributed by atoms with van der Waals surface area (Å²) in [5, 5.41) is 5.25. The number of carbonyl (C=O) groups excluding carboxylic acids is 4. The quantitative estimate of drug-likeness (QED) is 0.436. The third kappa shape index (κ3) is 7.03. The molecule has 8 nitrogen and oxygen atoms in total. The molecule has 3 aromatic rings. The number of nitrogens with two attached hydrogens (primary N) is 1. The van der Waals surface area contributed by atoms with Crippen LogP contribution in [0.5, 0.6) is 0 Å². The van der Waals surface area contributed by atoms with Crippen LogP contribution in [0.25, 0.3) is 0 Å². The Morgan fingerprint density at radius 1 is 0.788 bits per heavy atom. The zero-order valence-corrected chi connectivity index (χ0v) is 17.7. The van der Waals surface area contributed by atoms with Gasteiger partial charge < -0.3 is 21.1 Å². The number of anilines is 1. The number of hydrogen-bond donors (Lipinski definition) is 3. The molecule has 0 aromatic heterocycles. The van der Waals surface area contributed by atoms with Crippen LogP contribution in [-0.4, -0.2) is 36.3 Å². The summed E-state index contributed by atoms with van der Waals surface area (Å²) in [5.41, 5.74) is 7.14. The van der Waals surface area contributed by atoms with Crippen LogP contribution in [-0.2, 0) is 20.7 Å². The van der Waals surface area contributed by atoms with Gasteiger partial charge in [-0.3, -0.25) is 14.4 Å². The van der Waals surface area contributed by atoms with E-state index in [0.717, 1.165) is 5.56 Å². The molecule has 0 saturated heterocycles. The molecular weight excluding hydrogens is 422 g/mol. The third-order valence-corrected chi connectivity index (χ3v) is 4.71. The van der Waals surface area contributed by atoms with Crippen molar-refractivity contribution in [3.63, 3.8) is 0 Å². The molecule has 3 amide bonds. The van der Waals surface area contributed by atoms with Gasteiger partial charge in [0.1, 0.15) is 6.04 Å². The lowest BCUT2D eigenvalue weighted by Crippen LogP contribution is -2.44. The Bertz CT molecular complexity index is 1120. The highest BCUT2D eigenvalue weighted by Crippen LogP contribution is 2.10. The van der Waals surface area contributed by atoms with Crippen molar-refractivity contribution in [1.29, 1.82) is 0 Å². The molecule has 0 aliphatic heterocycles. The summed E-state index contributed by atoms with van der Waals surface area (Å²) in [6, 6.07) is 22.6. The van der Waals surface area contributed by atoms with E-state index < -0.39 is 36.3 Å². The minimum absolute atomic E-state index is 0.203. The van der Waals surface area contributed by atoms with E-state index in [4.69, 9.17) is 10.5 Å². The fraction of sp³-hybridized carbons (Fsp3) is 0.120. The zero-order valence-electron chi connectivity index (χ0n) is 17.7. The molecule has 0 aliphatic rings. The minimum atomic E-state index is -0.984. The molecule has 0 spiro atoms. The van der Waals surface area contributed by atoms with Gasteiger partial charge in [0.25, 0.3) is 11.8 Å². The fourth-order valence-electron chi connectivity index (χ4n) is 3.03. The Kier molecular flexibility index (Phi) is 7.91. The van der Waals surface area contributed by atoms with E-state index >= 15 is 0 Å². The maximum Gasteiger partial charge on any atom is 0.329 e. The number of primary amides is 1. The zero-order chi connectivity index (χ0) is 23.6. The van der Waals surface area contributed by atoms with Gasteiger partial charge in [0.2, 0.25) is 5.91 Å². The Balaban J connectivity index is 1.61. The molecule has 0 bridgehead atoms. The van der Waals surface area contributed by atoms with E-state index in [1.54, 1.807) is 30.3 Å². The van der Waals surface area contributed by atoms with Crippen molar-refractivity contribution in [3.05, 3.63) is 102 Å². The third-order valence-electron chi connectivity index (χ3n) is 4.71. The molecule has 0 aliphatic carbocycles. The fourth-order valence-corrected chi connectivity index (χ4v) is 3.03. The van der Waals surface area contributed by atoms with Gasteiger partial charge in [0.05, 0.1) is 0 Å². The molecule has 168 valence electrons. The van der Waals surface area contributed by atoms with Crippen molar-refractivity contribution in [1.82, 2.24) is 5.32 Å². The Morgan fingerprint density at radius 3 is 2.00 bits per heavy atom. The molecule has 1 atom stereocenters. The van der Waals surface area contributed by atoms with Crippen LogP contribution in [0.2, 0.25) is 0 Å². The molecule has 4 N–H and O–H groups in total. The summed E-state index contributed by atoms with van der Waals surface area (Å²) in [5.74, 6) is -2.30.